The molecule has 0 aliphatic rings. The standard InChI is InChI=1S/C12H27NO2S/c1-5-13-12(10-11(3)4)8-7-9-16(14,15)6-2/h11-13H,5-10H2,1-4H3. The molecule has 0 aliphatic heterocycles. The van der Waals surface area contributed by atoms with Crippen LogP contribution < -0.4 is 5.32 Å². The van der Waals surface area contributed by atoms with Crippen molar-refractivity contribution in [3.63, 3.8) is 0 Å². The lowest BCUT2D eigenvalue weighted by Crippen LogP contribution is -2.30. The van der Waals surface area contributed by atoms with Crippen molar-refractivity contribution < 1.29 is 8.42 Å². The summed E-state index contributed by atoms with van der Waals surface area (Å²) in [6.07, 6.45) is 2.87. The SMILES string of the molecule is CCNC(CCCS(=O)(=O)CC)CC(C)C. The van der Waals surface area contributed by atoms with Crippen molar-refractivity contribution in [3.8, 4) is 0 Å². The van der Waals surface area contributed by atoms with Crippen LogP contribution in [0.1, 0.15) is 47.0 Å². The highest BCUT2D eigenvalue weighted by Crippen LogP contribution is 2.10. The first-order valence-corrected chi connectivity index (χ1v) is 8.17. The highest BCUT2D eigenvalue weighted by Gasteiger charge is 2.12. The molecule has 0 saturated carbocycles. The summed E-state index contributed by atoms with van der Waals surface area (Å²) in [7, 11) is -2.79. The average Bonchev–Trinajstić information content (AvgIpc) is 2.17. The highest BCUT2D eigenvalue weighted by atomic mass is 32.2. The van der Waals surface area contributed by atoms with Gasteiger partial charge in [0.1, 0.15) is 9.84 Å². The van der Waals surface area contributed by atoms with E-state index in [2.05, 4.69) is 26.1 Å². The van der Waals surface area contributed by atoms with Crippen LogP contribution in [0.2, 0.25) is 0 Å². The molecule has 0 saturated heterocycles. The molecule has 0 radical (unpaired) electrons. The van der Waals surface area contributed by atoms with Crippen molar-refractivity contribution in [2.24, 2.45) is 5.92 Å². The van der Waals surface area contributed by atoms with E-state index >= 15 is 0 Å². The van der Waals surface area contributed by atoms with Gasteiger partial charge in [-0.15, -0.1) is 0 Å². The Labute approximate surface area is 101 Å². The van der Waals surface area contributed by atoms with Crippen LogP contribution in [0.5, 0.6) is 0 Å². The van der Waals surface area contributed by atoms with Gasteiger partial charge in [-0.3, -0.25) is 0 Å². The lowest BCUT2D eigenvalue weighted by atomic mass is 10.0. The molecule has 1 N–H and O–H groups in total. The summed E-state index contributed by atoms with van der Waals surface area (Å²) in [5.41, 5.74) is 0. The number of nitrogens with one attached hydrogen (secondary N) is 1. The maximum absolute atomic E-state index is 11.3. The molecule has 3 nitrogen and oxygen atoms in total. The van der Waals surface area contributed by atoms with Gasteiger partial charge in [-0.25, -0.2) is 8.42 Å². The van der Waals surface area contributed by atoms with Gasteiger partial charge in [0.15, 0.2) is 0 Å². The normalized spacial score (nSPS) is 14.3. The van der Waals surface area contributed by atoms with E-state index in [1.165, 1.54) is 0 Å². The zero-order valence-corrected chi connectivity index (χ0v) is 11.9. The Hall–Kier alpha value is -0.0900. The first kappa shape index (κ1) is 15.9. The Morgan fingerprint density at radius 3 is 2.25 bits per heavy atom. The molecule has 1 unspecified atom stereocenters. The molecule has 0 fully saturated rings. The summed E-state index contributed by atoms with van der Waals surface area (Å²) >= 11 is 0. The largest absolute Gasteiger partial charge is 0.314 e. The first-order valence-electron chi connectivity index (χ1n) is 6.35. The second-order valence-electron chi connectivity index (χ2n) is 4.76. The fourth-order valence-corrected chi connectivity index (χ4v) is 2.75. The van der Waals surface area contributed by atoms with Crippen molar-refractivity contribution in [2.75, 3.05) is 18.1 Å². The second-order valence-corrected chi connectivity index (χ2v) is 7.24. The Balaban J connectivity index is 3.93. The molecule has 98 valence electrons. The van der Waals surface area contributed by atoms with Crippen LogP contribution >= 0.6 is 0 Å². The maximum Gasteiger partial charge on any atom is 0.150 e. The van der Waals surface area contributed by atoms with Crippen LogP contribution in [0, 0.1) is 5.92 Å². The summed E-state index contributed by atoms with van der Waals surface area (Å²) in [5.74, 6) is 1.26. The smallest absolute Gasteiger partial charge is 0.150 e. The topological polar surface area (TPSA) is 46.2 Å². The Morgan fingerprint density at radius 1 is 1.19 bits per heavy atom. The zero-order chi connectivity index (χ0) is 12.6. The summed E-state index contributed by atoms with van der Waals surface area (Å²) in [6, 6.07) is 0.469. The summed E-state index contributed by atoms with van der Waals surface area (Å²) in [6.45, 7) is 9.17. The third kappa shape index (κ3) is 8.11. The summed E-state index contributed by atoms with van der Waals surface area (Å²) in [5, 5.41) is 3.42. The minimum Gasteiger partial charge on any atom is -0.314 e. The van der Waals surface area contributed by atoms with Crippen LogP contribution in [-0.2, 0) is 9.84 Å². The van der Waals surface area contributed by atoms with Crippen molar-refractivity contribution in [1.29, 1.82) is 0 Å². The van der Waals surface area contributed by atoms with Crippen LogP contribution in [0.25, 0.3) is 0 Å². The Morgan fingerprint density at radius 2 is 1.81 bits per heavy atom. The monoisotopic (exact) mass is 249 g/mol. The van der Waals surface area contributed by atoms with Crippen molar-refractivity contribution in [1.82, 2.24) is 5.32 Å². The van der Waals surface area contributed by atoms with E-state index in [9.17, 15) is 8.42 Å². The molecule has 0 bridgehead atoms. The van der Waals surface area contributed by atoms with Gasteiger partial charge in [0.2, 0.25) is 0 Å². The Bertz CT molecular complexity index is 260. The van der Waals surface area contributed by atoms with Crippen molar-refractivity contribution >= 4 is 9.84 Å². The van der Waals surface area contributed by atoms with Crippen LogP contribution in [-0.4, -0.2) is 32.5 Å². The lowest BCUT2D eigenvalue weighted by molar-refractivity contribution is 0.402. The van der Waals surface area contributed by atoms with E-state index in [0.717, 1.165) is 25.8 Å². The van der Waals surface area contributed by atoms with Gasteiger partial charge >= 0.3 is 0 Å². The van der Waals surface area contributed by atoms with Gasteiger partial charge in [-0.1, -0.05) is 27.7 Å². The Kier molecular flexibility index (Phi) is 8.02. The number of rotatable bonds is 9. The van der Waals surface area contributed by atoms with Crippen molar-refractivity contribution in [2.45, 2.75) is 53.0 Å². The number of sulfone groups is 1. The lowest BCUT2D eigenvalue weighted by Gasteiger charge is -2.19. The van der Waals surface area contributed by atoms with Crippen LogP contribution in [0.3, 0.4) is 0 Å². The van der Waals surface area contributed by atoms with Crippen molar-refractivity contribution in [3.05, 3.63) is 0 Å². The fraction of sp³-hybridized carbons (Fsp3) is 1.00. The van der Waals surface area contributed by atoms with E-state index in [4.69, 9.17) is 0 Å². The van der Waals surface area contributed by atoms with E-state index < -0.39 is 9.84 Å². The molecule has 0 aromatic rings. The predicted octanol–water partition coefficient (Wildman–Crippen LogP) is 2.23. The average molecular weight is 249 g/mol. The molecule has 0 aliphatic carbocycles. The zero-order valence-electron chi connectivity index (χ0n) is 11.1. The van der Waals surface area contributed by atoms with E-state index in [1.807, 2.05) is 0 Å². The number of hydrogen-bond acceptors (Lipinski definition) is 3. The third-order valence-corrected chi connectivity index (χ3v) is 4.49. The molecule has 4 heteroatoms. The van der Waals surface area contributed by atoms with E-state index in [-0.39, 0.29) is 5.75 Å². The molecular weight excluding hydrogens is 222 g/mol. The van der Waals surface area contributed by atoms with Gasteiger partial charge in [-0.2, -0.15) is 0 Å². The van der Waals surface area contributed by atoms with Crippen LogP contribution in [0.4, 0.5) is 0 Å². The van der Waals surface area contributed by atoms with Gasteiger partial charge < -0.3 is 5.32 Å². The third-order valence-electron chi connectivity index (χ3n) is 2.70. The molecule has 16 heavy (non-hydrogen) atoms. The maximum atomic E-state index is 11.3. The molecular formula is C12H27NO2S. The molecule has 0 aromatic heterocycles. The minimum atomic E-state index is -2.79. The molecule has 0 heterocycles. The summed E-state index contributed by atoms with van der Waals surface area (Å²) < 4.78 is 22.7. The highest BCUT2D eigenvalue weighted by molar-refractivity contribution is 7.91. The predicted molar refractivity (Wildman–Crippen MR) is 70.5 cm³/mol. The quantitative estimate of drug-likeness (QED) is 0.681. The van der Waals surface area contributed by atoms with Crippen LogP contribution in [0.15, 0.2) is 0 Å². The van der Waals surface area contributed by atoms with Gasteiger partial charge in [0.05, 0.1) is 5.75 Å². The van der Waals surface area contributed by atoms with Gasteiger partial charge in [-0.05, 0) is 31.7 Å². The molecule has 0 rings (SSSR count). The summed E-state index contributed by atoms with van der Waals surface area (Å²) in [4.78, 5) is 0. The molecule has 0 aromatic carbocycles. The number of hydrogen-bond donors (Lipinski definition) is 1. The minimum absolute atomic E-state index is 0.267. The fourth-order valence-electron chi connectivity index (χ4n) is 1.85. The van der Waals surface area contributed by atoms with E-state index in [0.29, 0.717) is 17.7 Å². The molecule has 1 atom stereocenters. The second kappa shape index (κ2) is 8.07. The van der Waals surface area contributed by atoms with Gasteiger partial charge in [0, 0.05) is 11.8 Å². The van der Waals surface area contributed by atoms with E-state index in [1.54, 1.807) is 6.92 Å². The molecule has 0 amide bonds. The first-order chi connectivity index (χ1) is 7.41. The molecule has 0 spiro atoms. The van der Waals surface area contributed by atoms with Gasteiger partial charge in [0.25, 0.3) is 0 Å².